The van der Waals surface area contributed by atoms with Crippen LogP contribution in [0.5, 0.6) is 17.2 Å². The van der Waals surface area contributed by atoms with Crippen LogP contribution in [-0.4, -0.2) is 46.9 Å². The SMILES string of the molecule is CCC[C@@H](CO)Nc1nc(C)ncc1OCc1nccc(OC)c1OC. The molecule has 0 amide bonds. The first-order valence-corrected chi connectivity index (χ1v) is 8.52. The van der Waals surface area contributed by atoms with Gasteiger partial charge in [-0.15, -0.1) is 0 Å². The van der Waals surface area contributed by atoms with Crippen molar-refractivity contribution in [3.63, 3.8) is 0 Å². The Bertz CT molecular complexity index is 712. The van der Waals surface area contributed by atoms with Gasteiger partial charge in [-0.05, 0) is 13.3 Å². The standard InChI is InChI=1S/C18H26N4O4/c1-5-6-13(10-23)22-18-16(9-20-12(2)21-18)26-11-14-17(25-4)15(24-3)7-8-19-14/h7-9,13,23H,5-6,10-11H2,1-4H3,(H,20,21,22)/t13-/m0/s1. The maximum absolute atomic E-state index is 9.53. The molecule has 0 aliphatic rings. The highest BCUT2D eigenvalue weighted by atomic mass is 16.5. The largest absolute Gasteiger partial charge is 0.493 e. The van der Waals surface area contributed by atoms with Crippen molar-refractivity contribution in [3.05, 3.63) is 30.0 Å². The Hall–Kier alpha value is -2.61. The molecule has 0 saturated carbocycles. The average molecular weight is 362 g/mol. The van der Waals surface area contributed by atoms with Crippen molar-refractivity contribution in [2.24, 2.45) is 0 Å². The zero-order chi connectivity index (χ0) is 18.9. The van der Waals surface area contributed by atoms with Crippen molar-refractivity contribution >= 4 is 5.82 Å². The summed E-state index contributed by atoms with van der Waals surface area (Å²) in [6.45, 7) is 4.05. The van der Waals surface area contributed by atoms with Gasteiger partial charge < -0.3 is 24.6 Å². The molecule has 0 aliphatic carbocycles. The molecule has 8 heteroatoms. The number of ether oxygens (including phenoxy) is 3. The molecule has 142 valence electrons. The molecule has 2 aromatic heterocycles. The number of nitrogens with one attached hydrogen (secondary N) is 1. The maximum Gasteiger partial charge on any atom is 0.185 e. The van der Waals surface area contributed by atoms with Gasteiger partial charge in [-0.3, -0.25) is 4.98 Å². The number of aryl methyl sites for hydroxylation is 1. The lowest BCUT2D eigenvalue weighted by molar-refractivity contribution is 0.265. The van der Waals surface area contributed by atoms with Crippen LogP contribution in [0.15, 0.2) is 18.5 Å². The molecular formula is C18H26N4O4. The number of pyridine rings is 1. The molecular weight excluding hydrogens is 336 g/mol. The van der Waals surface area contributed by atoms with Crippen molar-refractivity contribution in [2.45, 2.75) is 39.3 Å². The Kier molecular flexibility index (Phi) is 7.40. The van der Waals surface area contributed by atoms with Crippen LogP contribution < -0.4 is 19.5 Å². The highest BCUT2D eigenvalue weighted by molar-refractivity contribution is 5.50. The van der Waals surface area contributed by atoms with Gasteiger partial charge in [0.2, 0.25) is 0 Å². The molecule has 2 N–H and O–H groups in total. The number of aromatic nitrogens is 3. The smallest absolute Gasteiger partial charge is 0.185 e. The van der Waals surface area contributed by atoms with E-state index in [0.29, 0.717) is 34.6 Å². The maximum atomic E-state index is 9.53. The number of hydrogen-bond acceptors (Lipinski definition) is 8. The van der Waals surface area contributed by atoms with E-state index >= 15 is 0 Å². The van der Waals surface area contributed by atoms with Gasteiger partial charge in [0.05, 0.1) is 33.1 Å². The topological polar surface area (TPSA) is 98.6 Å². The summed E-state index contributed by atoms with van der Waals surface area (Å²) in [6.07, 6.45) is 5.01. The molecule has 26 heavy (non-hydrogen) atoms. The molecule has 0 aliphatic heterocycles. The summed E-state index contributed by atoms with van der Waals surface area (Å²) in [7, 11) is 3.13. The molecule has 0 spiro atoms. The number of methoxy groups -OCH3 is 2. The fraction of sp³-hybridized carbons (Fsp3) is 0.500. The summed E-state index contributed by atoms with van der Waals surface area (Å²) in [5, 5.41) is 12.7. The number of anilines is 1. The highest BCUT2D eigenvalue weighted by Crippen LogP contribution is 2.30. The summed E-state index contributed by atoms with van der Waals surface area (Å²) in [4.78, 5) is 12.9. The van der Waals surface area contributed by atoms with Crippen LogP contribution in [0.1, 0.15) is 31.3 Å². The lowest BCUT2D eigenvalue weighted by Gasteiger charge is -2.19. The van der Waals surface area contributed by atoms with Crippen LogP contribution in [0.3, 0.4) is 0 Å². The van der Waals surface area contributed by atoms with E-state index in [-0.39, 0.29) is 19.3 Å². The molecule has 2 aromatic rings. The summed E-state index contributed by atoms with van der Waals surface area (Å²) < 4.78 is 16.5. The quantitative estimate of drug-likeness (QED) is 0.664. The Morgan fingerprint density at radius 3 is 2.65 bits per heavy atom. The van der Waals surface area contributed by atoms with E-state index in [1.807, 2.05) is 0 Å². The lowest BCUT2D eigenvalue weighted by atomic mass is 10.2. The molecule has 0 unspecified atom stereocenters. The summed E-state index contributed by atoms with van der Waals surface area (Å²) in [5.41, 5.74) is 0.602. The van der Waals surface area contributed by atoms with Gasteiger partial charge in [0.15, 0.2) is 23.1 Å². The van der Waals surface area contributed by atoms with Gasteiger partial charge in [-0.2, -0.15) is 0 Å². The van der Waals surface area contributed by atoms with E-state index < -0.39 is 0 Å². The molecule has 0 radical (unpaired) electrons. The van der Waals surface area contributed by atoms with Gasteiger partial charge in [-0.25, -0.2) is 9.97 Å². The minimum Gasteiger partial charge on any atom is -0.493 e. The van der Waals surface area contributed by atoms with Gasteiger partial charge in [0.1, 0.15) is 18.1 Å². The zero-order valence-corrected chi connectivity index (χ0v) is 15.7. The lowest BCUT2D eigenvalue weighted by Crippen LogP contribution is -2.24. The summed E-state index contributed by atoms with van der Waals surface area (Å²) >= 11 is 0. The molecule has 1 atom stereocenters. The predicted molar refractivity (Wildman–Crippen MR) is 97.8 cm³/mol. The summed E-state index contributed by atoms with van der Waals surface area (Å²) in [5.74, 6) is 2.76. The third-order valence-corrected chi connectivity index (χ3v) is 3.80. The Morgan fingerprint density at radius 2 is 2.00 bits per heavy atom. The number of aliphatic hydroxyl groups excluding tert-OH is 1. The van der Waals surface area contributed by atoms with Crippen molar-refractivity contribution < 1.29 is 19.3 Å². The second-order valence-electron chi connectivity index (χ2n) is 5.72. The number of aliphatic hydroxyl groups is 1. The first kappa shape index (κ1) is 19.7. The minimum absolute atomic E-state index is 0.0155. The number of rotatable bonds is 10. The van der Waals surface area contributed by atoms with Gasteiger partial charge >= 0.3 is 0 Å². The van der Waals surface area contributed by atoms with Crippen LogP contribution in [0.2, 0.25) is 0 Å². The van der Waals surface area contributed by atoms with E-state index in [9.17, 15) is 5.11 Å². The first-order chi connectivity index (χ1) is 12.6. The van der Waals surface area contributed by atoms with E-state index in [1.54, 1.807) is 39.6 Å². The van der Waals surface area contributed by atoms with E-state index in [1.165, 1.54) is 0 Å². The van der Waals surface area contributed by atoms with Crippen LogP contribution in [0, 0.1) is 6.92 Å². The van der Waals surface area contributed by atoms with Gasteiger partial charge in [-0.1, -0.05) is 13.3 Å². The number of hydrogen-bond donors (Lipinski definition) is 2. The van der Waals surface area contributed by atoms with Crippen molar-refractivity contribution in [1.29, 1.82) is 0 Å². The summed E-state index contributed by atoms with van der Waals surface area (Å²) in [6, 6.07) is 1.63. The third-order valence-electron chi connectivity index (χ3n) is 3.80. The monoisotopic (exact) mass is 362 g/mol. The fourth-order valence-electron chi connectivity index (χ4n) is 2.52. The van der Waals surface area contributed by atoms with E-state index in [2.05, 4.69) is 27.2 Å². The molecule has 0 fully saturated rings. The van der Waals surface area contributed by atoms with Crippen molar-refractivity contribution in [2.75, 3.05) is 26.1 Å². The molecule has 8 nitrogen and oxygen atoms in total. The highest BCUT2D eigenvalue weighted by Gasteiger charge is 2.15. The molecule has 0 aromatic carbocycles. The Labute approximate surface area is 153 Å². The molecule has 2 rings (SSSR count). The second kappa shape index (κ2) is 9.76. The van der Waals surface area contributed by atoms with Crippen LogP contribution in [-0.2, 0) is 6.61 Å². The van der Waals surface area contributed by atoms with Crippen LogP contribution in [0.25, 0.3) is 0 Å². The van der Waals surface area contributed by atoms with Gasteiger partial charge in [0.25, 0.3) is 0 Å². The molecule has 0 bridgehead atoms. The minimum atomic E-state index is -0.0962. The predicted octanol–water partition coefficient (Wildman–Crippen LogP) is 2.35. The van der Waals surface area contributed by atoms with E-state index in [4.69, 9.17) is 14.2 Å². The normalized spacial score (nSPS) is 11.7. The third kappa shape index (κ3) is 4.95. The first-order valence-electron chi connectivity index (χ1n) is 8.52. The van der Waals surface area contributed by atoms with Crippen LogP contribution >= 0.6 is 0 Å². The second-order valence-corrected chi connectivity index (χ2v) is 5.72. The Balaban J connectivity index is 2.20. The zero-order valence-electron chi connectivity index (χ0n) is 15.7. The molecule has 2 heterocycles. The average Bonchev–Trinajstić information content (AvgIpc) is 2.66. The molecule has 0 saturated heterocycles. The van der Waals surface area contributed by atoms with Crippen molar-refractivity contribution in [3.8, 4) is 17.2 Å². The van der Waals surface area contributed by atoms with Crippen LogP contribution in [0.4, 0.5) is 5.82 Å². The van der Waals surface area contributed by atoms with E-state index in [0.717, 1.165) is 12.8 Å². The van der Waals surface area contributed by atoms with Gasteiger partial charge in [0, 0.05) is 12.3 Å². The number of nitrogens with zero attached hydrogens (tertiary/aromatic N) is 3. The Morgan fingerprint density at radius 1 is 1.19 bits per heavy atom. The fourth-order valence-corrected chi connectivity index (χ4v) is 2.52. The van der Waals surface area contributed by atoms with Crippen molar-refractivity contribution in [1.82, 2.24) is 15.0 Å².